The molecular formula is C29H28Cl2O3SSi. The zero-order valence-electron chi connectivity index (χ0n) is 19.8. The largest absolute Gasteiger partial charge is 0.297 e. The van der Waals surface area contributed by atoms with Gasteiger partial charge in [0, 0.05) is 0 Å². The summed E-state index contributed by atoms with van der Waals surface area (Å²) in [5.41, 5.74) is 1.07. The van der Waals surface area contributed by atoms with Crippen LogP contribution < -0.4 is 15.6 Å². The molecule has 4 rings (SSSR count). The summed E-state index contributed by atoms with van der Waals surface area (Å²) >= 11 is 11.5. The van der Waals surface area contributed by atoms with Gasteiger partial charge in [-0.25, -0.2) is 0 Å². The van der Waals surface area contributed by atoms with Crippen LogP contribution in [0.3, 0.4) is 0 Å². The second-order valence-electron chi connectivity index (χ2n) is 8.63. The van der Waals surface area contributed by atoms with E-state index in [0.29, 0.717) is 0 Å². The first-order chi connectivity index (χ1) is 17.5. The van der Waals surface area contributed by atoms with E-state index in [1.54, 1.807) is 12.1 Å². The Morgan fingerprint density at radius 1 is 0.639 bits per heavy atom. The minimum Gasteiger partial charge on any atom is -0.260 e. The number of halogens is 2. The molecule has 0 fully saturated rings. The SMILES string of the molecule is O=S(=O)(OC(CCl)CCl)c1ccc(CC[Si](c2ccccc2)(c2ccccc2)c2ccccc2)cc1. The van der Waals surface area contributed by atoms with Crippen LogP contribution in [-0.4, -0.2) is 34.4 Å². The number of aryl methyl sites for hydroxylation is 1. The van der Waals surface area contributed by atoms with Crippen LogP contribution >= 0.6 is 23.2 Å². The van der Waals surface area contributed by atoms with E-state index < -0.39 is 24.3 Å². The first-order valence-electron chi connectivity index (χ1n) is 11.8. The Balaban J connectivity index is 1.68. The molecule has 36 heavy (non-hydrogen) atoms. The van der Waals surface area contributed by atoms with Crippen molar-refractivity contribution in [2.75, 3.05) is 11.8 Å². The minimum atomic E-state index is -3.93. The molecule has 0 N–H and O–H groups in total. The zero-order valence-corrected chi connectivity index (χ0v) is 23.1. The molecule has 0 unspecified atom stereocenters. The van der Waals surface area contributed by atoms with Crippen LogP contribution in [0.5, 0.6) is 0 Å². The van der Waals surface area contributed by atoms with Gasteiger partial charge in [0.1, 0.15) is 14.2 Å². The summed E-state index contributed by atoms with van der Waals surface area (Å²) in [6.07, 6.45) is 0.0465. The Hall–Kier alpha value is -2.41. The average molecular weight is 556 g/mol. The molecule has 0 aliphatic rings. The fraction of sp³-hybridized carbons (Fsp3) is 0.172. The summed E-state index contributed by atoms with van der Waals surface area (Å²) in [6.45, 7) is 0. The lowest BCUT2D eigenvalue weighted by Gasteiger charge is -2.34. The third-order valence-electron chi connectivity index (χ3n) is 6.41. The van der Waals surface area contributed by atoms with E-state index in [2.05, 4.69) is 91.0 Å². The van der Waals surface area contributed by atoms with Crippen molar-refractivity contribution in [3.05, 3.63) is 121 Å². The molecule has 0 aromatic heterocycles. The first kappa shape index (κ1) is 26.6. The Kier molecular flexibility index (Phi) is 9.04. The Morgan fingerprint density at radius 3 is 1.44 bits per heavy atom. The van der Waals surface area contributed by atoms with Crippen LogP contribution in [0.1, 0.15) is 5.56 Å². The van der Waals surface area contributed by atoms with Crippen LogP contribution in [-0.2, 0) is 20.7 Å². The number of rotatable bonds is 11. The standard InChI is InChI=1S/C29H28Cl2O3SSi/c30-22-25(23-31)34-35(32,33)26-18-16-24(17-19-26)20-21-36(27-10-4-1-5-11-27,28-12-6-2-7-13-28)29-14-8-3-9-15-29/h1-19,25H,20-23H2. The highest BCUT2D eigenvalue weighted by Crippen LogP contribution is 2.20. The van der Waals surface area contributed by atoms with Crippen molar-refractivity contribution in [3.8, 4) is 0 Å². The molecule has 0 aliphatic carbocycles. The van der Waals surface area contributed by atoms with Gasteiger partial charge < -0.3 is 0 Å². The van der Waals surface area contributed by atoms with Gasteiger partial charge in [-0.2, -0.15) is 8.42 Å². The highest BCUT2D eigenvalue weighted by molar-refractivity contribution is 7.86. The number of hydrogen-bond donors (Lipinski definition) is 0. The van der Waals surface area contributed by atoms with Gasteiger partial charge in [0.15, 0.2) is 0 Å². The van der Waals surface area contributed by atoms with Gasteiger partial charge in [0.2, 0.25) is 0 Å². The summed E-state index contributed by atoms with van der Waals surface area (Å²) < 4.78 is 30.4. The van der Waals surface area contributed by atoms with E-state index in [1.807, 2.05) is 12.1 Å². The van der Waals surface area contributed by atoms with E-state index in [9.17, 15) is 8.42 Å². The molecule has 0 amide bonds. The van der Waals surface area contributed by atoms with Gasteiger partial charge >= 0.3 is 0 Å². The summed E-state index contributed by atoms with van der Waals surface area (Å²) in [5.74, 6) is 0.0119. The minimum absolute atomic E-state index is 0.00593. The molecule has 0 aliphatic heterocycles. The lowest BCUT2D eigenvalue weighted by atomic mass is 10.2. The van der Waals surface area contributed by atoms with E-state index >= 15 is 0 Å². The molecule has 3 nitrogen and oxygen atoms in total. The van der Waals surface area contributed by atoms with Gasteiger partial charge in [-0.05, 0) is 45.7 Å². The lowest BCUT2D eigenvalue weighted by Crippen LogP contribution is -2.67. The van der Waals surface area contributed by atoms with Gasteiger partial charge in [0.25, 0.3) is 10.1 Å². The molecular weight excluding hydrogens is 527 g/mol. The monoisotopic (exact) mass is 554 g/mol. The van der Waals surface area contributed by atoms with Crippen LogP contribution in [0.2, 0.25) is 6.04 Å². The van der Waals surface area contributed by atoms with Gasteiger partial charge in [0.05, 0.1) is 16.7 Å². The van der Waals surface area contributed by atoms with Crippen molar-refractivity contribution in [2.45, 2.75) is 23.5 Å². The van der Waals surface area contributed by atoms with E-state index in [0.717, 1.165) is 18.0 Å². The second kappa shape index (κ2) is 12.2. The zero-order chi connectivity index (χ0) is 25.4. The lowest BCUT2D eigenvalue weighted by molar-refractivity contribution is 0.255. The molecule has 0 saturated carbocycles. The quantitative estimate of drug-likeness (QED) is 0.114. The van der Waals surface area contributed by atoms with Crippen molar-refractivity contribution in [1.82, 2.24) is 0 Å². The second-order valence-corrected chi connectivity index (χ2v) is 14.9. The third-order valence-corrected chi connectivity index (χ3v) is 13.4. The van der Waals surface area contributed by atoms with Gasteiger partial charge in [-0.15, -0.1) is 23.2 Å². The molecule has 0 radical (unpaired) electrons. The highest BCUT2D eigenvalue weighted by atomic mass is 35.5. The van der Waals surface area contributed by atoms with Crippen molar-refractivity contribution in [2.24, 2.45) is 0 Å². The maximum atomic E-state index is 12.6. The van der Waals surface area contributed by atoms with Crippen LogP contribution in [0.15, 0.2) is 120 Å². The predicted molar refractivity (Wildman–Crippen MR) is 152 cm³/mol. The van der Waals surface area contributed by atoms with Crippen LogP contribution in [0, 0.1) is 0 Å². The number of alkyl halides is 2. The maximum Gasteiger partial charge on any atom is 0.297 e. The topological polar surface area (TPSA) is 43.4 Å². The van der Waals surface area contributed by atoms with Crippen LogP contribution in [0.4, 0.5) is 0 Å². The molecule has 186 valence electrons. The fourth-order valence-corrected chi connectivity index (χ4v) is 11.1. The van der Waals surface area contributed by atoms with Gasteiger partial charge in [-0.1, -0.05) is 103 Å². The fourth-order valence-electron chi connectivity index (χ4n) is 4.58. The Labute approximate surface area is 224 Å². The average Bonchev–Trinajstić information content (AvgIpc) is 2.94. The molecule has 0 heterocycles. The van der Waals surface area contributed by atoms with E-state index in [1.165, 1.54) is 15.6 Å². The summed E-state index contributed by atoms with van der Waals surface area (Å²) in [7, 11) is -6.29. The summed E-state index contributed by atoms with van der Waals surface area (Å²) in [6, 6.07) is 40.1. The Morgan fingerprint density at radius 2 is 1.06 bits per heavy atom. The van der Waals surface area contributed by atoms with Gasteiger partial charge in [-0.3, -0.25) is 4.18 Å². The van der Waals surface area contributed by atoms with Crippen molar-refractivity contribution in [3.63, 3.8) is 0 Å². The maximum absolute atomic E-state index is 12.6. The number of hydrogen-bond acceptors (Lipinski definition) is 3. The molecule has 4 aromatic carbocycles. The van der Waals surface area contributed by atoms with E-state index in [-0.39, 0.29) is 16.7 Å². The third kappa shape index (κ3) is 5.93. The normalized spacial score (nSPS) is 12.1. The smallest absolute Gasteiger partial charge is 0.260 e. The highest BCUT2D eigenvalue weighted by Gasteiger charge is 2.38. The van der Waals surface area contributed by atoms with Crippen LogP contribution in [0.25, 0.3) is 0 Å². The molecule has 4 aromatic rings. The molecule has 0 saturated heterocycles. The first-order valence-corrected chi connectivity index (χ1v) is 16.5. The summed E-state index contributed by atoms with van der Waals surface area (Å²) in [5, 5.41) is 4.05. The van der Waals surface area contributed by atoms with Crippen molar-refractivity contribution in [1.29, 1.82) is 0 Å². The molecule has 7 heteroatoms. The van der Waals surface area contributed by atoms with Crippen molar-refractivity contribution < 1.29 is 12.6 Å². The van der Waals surface area contributed by atoms with Crippen molar-refractivity contribution >= 4 is 57.0 Å². The number of benzene rings is 4. The Bertz CT molecular complexity index is 1230. The molecule has 0 spiro atoms. The van der Waals surface area contributed by atoms with E-state index in [4.69, 9.17) is 27.4 Å². The molecule has 0 atom stereocenters. The predicted octanol–water partition coefficient (Wildman–Crippen LogP) is 4.95. The summed E-state index contributed by atoms with van der Waals surface area (Å²) in [4.78, 5) is 0.101. The molecule has 0 bridgehead atoms.